The summed E-state index contributed by atoms with van der Waals surface area (Å²) in [4.78, 5) is 32.5. The van der Waals surface area contributed by atoms with Gasteiger partial charge in [-0.3, -0.25) is 19.7 Å². The molecule has 0 bridgehead atoms. The van der Waals surface area contributed by atoms with Crippen LogP contribution >= 0.6 is 11.6 Å². The quantitative estimate of drug-likeness (QED) is 0.516. The number of nitro groups is 1. The third-order valence-electron chi connectivity index (χ3n) is 1.60. The van der Waals surface area contributed by atoms with E-state index in [1.165, 1.54) is 0 Å². The zero-order valence-corrected chi connectivity index (χ0v) is 8.83. The Labute approximate surface area is 100 Å². The van der Waals surface area contributed by atoms with Crippen LogP contribution in [0.4, 0.5) is 18.9 Å². The molecule has 98 valence electrons. The van der Waals surface area contributed by atoms with Crippen LogP contribution in [0.15, 0.2) is 10.9 Å². The Morgan fingerprint density at radius 1 is 1.50 bits per heavy atom. The van der Waals surface area contributed by atoms with E-state index in [4.69, 9.17) is 11.6 Å². The number of carbonyl (C=O) groups is 1. The Hall–Kier alpha value is -2.10. The fourth-order valence-electron chi connectivity index (χ4n) is 0.988. The number of nitrogens with one attached hydrogen (secondary N) is 1. The number of ether oxygens (including phenoxy) is 1. The summed E-state index contributed by atoms with van der Waals surface area (Å²) < 4.78 is 39.3. The van der Waals surface area contributed by atoms with E-state index < -0.39 is 39.2 Å². The normalized spacial score (nSPS) is 11.1. The minimum atomic E-state index is -5.20. The van der Waals surface area contributed by atoms with Crippen molar-refractivity contribution >= 4 is 22.5 Å². The molecule has 0 unspecified atom stereocenters. The second-order valence-electron chi connectivity index (χ2n) is 2.80. The number of carbonyl (C=O) groups excluding carboxylic acids is 1. The summed E-state index contributed by atoms with van der Waals surface area (Å²) in [6, 6.07) is 0.169. The molecule has 0 spiro atoms. The maximum absolute atomic E-state index is 12.0. The van der Waals surface area contributed by atoms with Crippen LogP contribution in [0.3, 0.4) is 0 Å². The Kier molecular flexibility index (Phi) is 3.60. The molecule has 0 radical (unpaired) electrons. The number of rotatable bonds is 3. The molecule has 11 heteroatoms. The van der Waals surface area contributed by atoms with Gasteiger partial charge in [-0.05, 0) is 11.6 Å². The highest BCUT2D eigenvalue weighted by Gasteiger charge is 2.34. The maximum atomic E-state index is 12.0. The smallest absolute Gasteiger partial charge is 0.403 e. The predicted octanol–water partition coefficient (Wildman–Crippen LogP) is 1.56. The summed E-state index contributed by atoms with van der Waals surface area (Å²) in [5.41, 5.74) is -3.61. The van der Waals surface area contributed by atoms with E-state index in [-0.39, 0.29) is 6.07 Å². The summed E-state index contributed by atoms with van der Waals surface area (Å²) in [6.07, 6.45) is -5.20. The first-order valence-electron chi connectivity index (χ1n) is 3.99. The number of aromatic nitrogens is 1. The van der Waals surface area contributed by atoms with E-state index in [0.29, 0.717) is 0 Å². The minimum absolute atomic E-state index is 0.169. The highest BCUT2D eigenvalue weighted by atomic mass is 35.5. The average molecular weight is 287 g/mol. The molecule has 7 nitrogen and oxygen atoms in total. The lowest BCUT2D eigenvalue weighted by atomic mass is 10.3. The Morgan fingerprint density at radius 2 is 2.06 bits per heavy atom. The van der Waals surface area contributed by atoms with Crippen molar-refractivity contribution in [2.24, 2.45) is 0 Å². The van der Waals surface area contributed by atoms with E-state index in [2.05, 4.69) is 4.74 Å². The van der Waals surface area contributed by atoms with Gasteiger partial charge in [-0.1, -0.05) is 0 Å². The summed E-state index contributed by atoms with van der Waals surface area (Å²) in [6.45, 7) is 0. The van der Waals surface area contributed by atoms with E-state index in [1.54, 1.807) is 4.98 Å². The van der Waals surface area contributed by atoms with Crippen LogP contribution < -0.4 is 10.3 Å². The lowest BCUT2D eigenvalue weighted by Gasteiger charge is -2.10. The summed E-state index contributed by atoms with van der Waals surface area (Å²) in [5, 5.41) is 8.89. The van der Waals surface area contributed by atoms with Crippen LogP contribution in [0.25, 0.3) is 0 Å². The van der Waals surface area contributed by atoms with Gasteiger partial charge in [0.15, 0.2) is 5.75 Å². The minimum Gasteiger partial charge on any atom is -0.403 e. The van der Waals surface area contributed by atoms with E-state index in [1.807, 2.05) is 0 Å². The van der Waals surface area contributed by atoms with Crippen molar-refractivity contribution in [3.05, 3.63) is 32.2 Å². The van der Waals surface area contributed by atoms with Crippen molar-refractivity contribution in [3.63, 3.8) is 0 Å². The number of halogens is 4. The zero-order valence-electron chi connectivity index (χ0n) is 8.08. The van der Waals surface area contributed by atoms with Gasteiger partial charge < -0.3 is 9.72 Å². The second-order valence-corrected chi connectivity index (χ2v) is 3.14. The first-order valence-corrected chi connectivity index (χ1v) is 4.37. The lowest BCUT2D eigenvalue weighted by molar-refractivity contribution is -0.386. The Balaban J connectivity index is 3.45. The van der Waals surface area contributed by atoms with Crippen LogP contribution in [0.5, 0.6) is 5.75 Å². The molecule has 1 N–H and O–H groups in total. The average Bonchev–Trinajstić information content (AvgIpc) is 2.17. The second kappa shape index (κ2) is 4.64. The van der Waals surface area contributed by atoms with Gasteiger partial charge in [0, 0.05) is 0 Å². The first kappa shape index (κ1) is 14.0. The highest BCUT2D eigenvalue weighted by Crippen LogP contribution is 2.27. The van der Waals surface area contributed by atoms with Crippen LogP contribution in [0, 0.1) is 10.1 Å². The number of hydrogen-bond donors (Lipinski definition) is 1. The van der Waals surface area contributed by atoms with Crippen molar-refractivity contribution in [3.8, 4) is 5.75 Å². The molecule has 0 aliphatic carbocycles. The molecular formula is C7H2ClF3N2O5. The SMILES string of the molecule is O=C(Cl)c1[nH]c(=O)c([N+](=O)[O-])cc1OC(F)(F)F. The number of aromatic amines is 1. The molecule has 0 aliphatic heterocycles. The summed E-state index contributed by atoms with van der Waals surface area (Å²) >= 11 is 4.91. The molecule has 0 amide bonds. The molecule has 1 aromatic rings. The molecule has 0 aliphatic rings. The van der Waals surface area contributed by atoms with Crippen LogP contribution in [-0.2, 0) is 0 Å². The molecule has 0 saturated carbocycles. The Morgan fingerprint density at radius 3 is 2.44 bits per heavy atom. The first-order chi connectivity index (χ1) is 8.11. The molecule has 0 fully saturated rings. The van der Waals surface area contributed by atoms with Gasteiger partial charge in [0.2, 0.25) is 0 Å². The fourth-order valence-corrected chi connectivity index (χ4v) is 1.13. The van der Waals surface area contributed by atoms with Gasteiger partial charge in [0.05, 0.1) is 11.0 Å². The van der Waals surface area contributed by atoms with Gasteiger partial charge in [-0.25, -0.2) is 0 Å². The number of pyridine rings is 1. The monoisotopic (exact) mass is 286 g/mol. The van der Waals surface area contributed by atoms with E-state index in [9.17, 15) is 32.9 Å². The van der Waals surface area contributed by atoms with Crippen molar-refractivity contribution in [2.75, 3.05) is 0 Å². The molecule has 1 rings (SSSR count). The topological polar surface area (TPSA) is 102 Å². The molecule has 0 aromatic carbocycles. The predicted molar refractivity (Wildman–Crippen MR) is 50.6 cm³/mol. The Bertz CT molecular complexity index is 567. The third-order valence-corrected chi connectivity index (χ3v) is 1.79. The van der Waals surface area contributed by atoms with Crippen LogP contribution in [0.1, 0.15) is 10.5 Å². The fraction of sp³-hybridized carbons (Fsp3) is 0.143. The van der Waals surface area contributed by atoms with Gasteiger partial charge in [-0.2, -0.15) is 0 Å². The number of alkyl halides is 3. The number of hydrogen-bond acceptors (Lipinski definition) is 5. The highest BCUT2D eigenvalue weighted by molar-refractivity contribution is 6.67. The third kappa shape index (κ3) is 3.20. The number of nitrogens with zero attached hydrogens (tertiary/aromatic N) is 1. The van der Waals surface area contributed by atoms with E-state index in [0.717, 1.165) is 0 Å². The molecular weight excluding hydrogens is 285 g/mol. The lowest BCUT2D eigenvalue weighted by Crippen LogP contribution is -2.22. The summed E-state index contributed by atoms with van der Waals surface area (Å²) in [7, 11) is 0. The zero-order chi connectivity index (χ0) is 14.1. The molecule has 0 saturated heterocycles. The van der Waals surface area contributed by atoms with Crippen molar-refractivity contribution in [1.82, 2.24) is 4.98 Å². The molecule has 18 heavy (non-hydrogen) atoms. The van der Waals surface area contributed by atoms with Crippen LogP contribution in [-0.4, -0.2) is 21.5 Å². The van der Waals surface area contributed by atoms with Gasteiger partial charge in [0.1, 0.15) is 5.69 Å². The molecule has 1 heterocycles. The standard InChI is InChI=1S/C7H2ClF3N2O5/c8-5(14)4-3(18-7(9,10)11)1-2(13(16)17)6(15)12-4/h1H,(H,12,15). The molecule has 1 aromatic heterocycles. The van der Waals surface area contributed by atoms with Crippen molar-refractivity contribution in [1.29, 1.82) is 0 Å². The van der Waals surface area contributed by atoms with Gasteiger partial charge in [-0.15, -0.1) is 13.2 Å². The van der Waals surface area contributed by atoms with Crippen molar-refractivity contribution in [2.45, 2.75) is 6.36 Å². The van der Waals surface area contributed by atoms with Crippen molar-refractivity contribution < 1.29 is 27.6 Å². The maximum Gasteiger partial charge on any atom is 0.573 e. The largest absolute Gasteiger partial charge is 0.573 e. The van der Waals surface area contributed by atoms with E-state index >= 15 is 0 Å². The van der Waals surface area contributed by atoms with Gasteiger partial charge in [0.25, 0.3) is 5.24 Å². The van der Waals surface area contributed by atoms with Crippen LogP contribution in [0.2, 0.25) is 0 Å². The number of H-pyrrole nitrogens is 1. The summed E-state index contributed by atoms with van der Waals surface area (Å²) in [5.74, 6) is -1.26. The van der Waals surface area contributed by atoms with Gasteiger partial charge >= 0.3 is 17.6 Å². The molecule has 0 atom stereocenters.